The van der Waals surface area contributed by atoms with Gasteiger partial charge in [0.25, 0.3) is 0 Å². The lowest BCUT2D eigenvalue weighted by Crippen LogP contribution is -2.10. The summed E-state index contributed by atoms with van der Waals surface area (Å²) in [6.45, 7) is 2.93. The van der Waals surface area contributed by atoms with Gasteiger partial charge in [0.1, 0.15) is 17.8 Å². The zero-order valence-electron chi connectivity index (χ0n) is 15.9. The lowest BCUT2D eigenvalue weighted by atomic mass is 10.1. The highest BCUT2D eigenvalue weighted by Gasteiger charge is 2.09. The normalized spacial score (nSPS) is 10.6. The fourth-order valence-corrected chi connectivity index (χ4v) is 2.67. The van der Waals surface area contributed by atoms with Crippen molar-refractivity contribution in [3.8, 4) is 11.5 Å². The molecule has 0 atom stereocenters. The average molecular weight is 372 g/mol. The summed E-state index contributed by atoms with van der Waals surface area (Å²) >= 11 is 0. The molecule has 0 aliphatic heterocycles. The summed E-state index contributed by atoms with van der Waals surface area (Å²) in [4.78, 5) is 22.9. The highest BCUT2D eigenvalue weighted by Crippen LogP contribution is 2.19. The van der Waals surface area contributed by atoms with Gasteiger partial charge in [-0.15, -0.1) is 0 Å². The molecular formula is C22H28O5. The highest BCUT2D eigenvalue weighted by atomic mass is 16.5. The third-order valence-corrected chi connectivity index (χ3v) is 4.24. The number of rotatable bonds is 12. The van der Waals surface area contributed by atoms with E-state index in [1.54, 1.807) is 24.3 Å². The van der Waals surface area contributed by atoms with Crippen LogP contribution in [0.3, 0.4) is 0 Å². The second-order valence-electron chi connectivity index (χ2n) is 6.53. The number of esters is 1. The van der Waals surface area contributed by atoms with Crippen LogP contribution in [-0.2, 0) is 0 Å². The van der Waals surface area contributed by atoms with E-state index in [0.29, 0.717) is 12.4 Å². The Morgan fingerprint density at radius 1 is 0.852 bits per heavy atom. The number of hydrogen-bond donors (Lipinski definition) is 0. The first-order chi connectivity index (χ1) is 13.2. The van der Waals surface area contributed by atoms with E-state index in [2.05, 4.69) is 11.3 Å². The van der Waals surface area contributed by atoms with Crippen LogP contribution < -0.4 is 15.1 Å². The van der Waals surface area contributed by atoms with Crippen LogP contribution in [0.15, 0.2) is 51.9 Å². The predicted octanol–water partition coefficient (Wildman–Crippen LogP) is 5.38. The van der Waals surface area contributed by atoms with Crippen LogP contribution in [-0.4, -0.2) is 12.6 Å². The summed E-state index contributed by atoms with van der Waals surface area (Å²) in [5.41, 5.74) is -0.325. The van der Waals surface area contributed by atoms with E-state index in [4.69, 9.17) is 9.47 Å². The van der Waals surface area contributed by atoms with Gasteiger partial charge in [-0.25, -0.2) is 9.59 Å². The van der Waals surface area contributed by atoms with Gasteiger partial charge >= 0.3 is 11.6 Å². The molecule has 1 aromatic carbocycles. The van der Waals surface area contributed by atoms with E-state index in [1.807, 2.05) is 0 Å². The molecule has 0 unspecified atom stereocenters. The van der Waals surface area contributed by atoms with Crippen molar-refractivity contribution in [1.82, 2.24) is 0 Å². The lowest BCUT2D eigenvalue weighted by molar-refractivity contribution is 0.0731. The second-order valence-corrected chi connectivity index (χ2v) is 6.53. The molecule has 2 aromatic rings. The molecule has 2 rings (SSSR count). The van der Waals surface area contributed by atoms with Crippen LogP contribution in [0, 0.1) is 0 Å². The summed E-state index contributed by atoms with van der Waals surface area (Å²) in [5.74, 6) is 0.584. The average Bonchev–Trinajstić information content (AvgIpc) is 2.68. The minimum atomic E-state index is -0.577. The molecular weight excluding hydrogens is 344 g/mol. The quantitative estimate of drug-likeness (QED) is 0.284. The minimum Gasteiger partial charge on any atom is -0.494 e. The maximum atomic E-state index is 12.0. The van der Waals surface area contributed by atoms with Crippen LogP contribution in [0.1, 0.15) is 68.6 Å². The van der Waals surface area contributed by atoms with Crippen molar-refractivity contribution in [2.24, 2.45) is 0 Å². The molecule has 0 aliphatic carbocycles. The zero-order valence-corrected chi connectivity index (χ0v) is 15.9. The van der Waals surface area contributed by atoms with Gasteiger partial charge in [0.2, 0.25) is 0 Å². The summed E-state index contributed by atoms with van der Waals surface area (Å²) in [7, 11) is 0. The summed E-state index contributed by atoms with van der Waals surface area (Å²) in [6.07, 6.45) is 11.2. The molecule has 0 bridgehead atoms. The van der Waals surface area contributed by atoms with E-state index in [0.717, 1.165) is 18.4 Å². The Morgan fingerprint density at radius 2 is 1.48 bits per heavy atom. The van der Waals surface area contributed by atoms with Crippen molar-refractivity contribution in [2.75, 3.05) is 6.61 Å². The maximum Gasteiger partial charge on any atom is 0.346 e. The Balaban J connectivity index is 1.64. The first-order valence-corrected chi connectivity index (χ1v) is 9.73. The van der Waals surface area contributed by atoms with Gasteiger partial charge in [0.05, 0.1) is 12.2 Å². The molecule has 0 saturated carbocycles. The van der Waals surface area contributed by atoms with Crippen LogP contribution in [0.5, 0.6) is 11.5 Å². The third-order valence-electron chi connectivity index (χ3n) is 4.24. The molecule has 0 saturated heterocycles. The number of benzene rings is 1. The van der Waals surface area contributed by atoms with Crippen molar-refractivity contribution in [1.29, 1.82) is 0 Å². The first kappa shape index (κ1) is 20.7. The molecule has 1 heterocycles. The van der Waals surface area contributed by atoms with Crippen LogP contribution in [0.2, 0.25) is 0 Å². The summed E-state index contributed by atoms with van der Waals surface area (Å²) < 4.78 is 15.6. The largest absolute Gasteiger partial charge is 0.494 e. The standard InChI is InChI=1S/C22H28O5/c1-2-3-4-5-6-7-8-9-16-25-19-11-13-20(14-12-19)27-22(24)18-10-15-21(23)26-17-18/h10-15,17H,2-9,16H2,1H3. The lowest BCUT2D eigenvalue weighted by Gasteiger charge is -2.08. The predicted molar refractivity (Wildman–Crippen MR) is 104 cm³/mol. The van der Waals surface area contributed by atoms with Gasteiger partial charge in [-0.2, -0.15) is 0 Å². The fourth-order valence-electron chi connectivity index (χ4n) is 2.67. The van der Waals surface area contributed by atoms with E-state index >= 15 is 0 Å². The SMILES string of the molecule is CCCCCCCCCCOc1ccc(OC(=O)c2ccc(=O)oc2)cc1. The Bertz CT molecular complexity index is 713. The number of carbonyl (C=O) groups excluding carboxylic acids is 1. The number of ether oxygens (including phenoxy) is 2. The van der Waals surface area contributed by atoms with Crippen LogP contribution >= 0.6 is 0 Å². The van der Waals surface area contributed by atoms with Gasteiger partial charge in [0, 0.05) is 6.07 Å². The van der Waals surface area contributed by atoms with Gasteiger partial charge in [-0.1, -0.05) is 51.9 Å². The van der Waals surface area contributed by atoms with E-state index in [9.17, 15) is 9.59 Å². The number of unbranched alkanes of at least 4 members (excludes halogenated alkanes) is 7. The topological polar surface area (TPSA) is 65.7 Å². The number of hydrogen-bond acceptors (Lipinski definition) is 5. The molecule has 0 fully saturated rings. The molecule has 27 heavy (non-hydrogen) atoms. The molecule has 5 heteroatoms. The minimum absolute atomic E-state index is 0.185. The van der Waals surface area contributed by atoms with Crippen LogP contribution in [0.25, 0.3) is 0 Å². The fraction of sp³-hybridized carbons (Fsp3) is 0.455. The van der Waals surface area contributed by atoms with Crippen molar-refractivity contribution < 1.29 is 18.7 Å². The Kier molecular flexibility index (Phi) is 9.18. The van der Waals surface area contributed by atoms with Crippen LogP contribution in [0.4, 0.5) is 0 Å². The Labute approximate surface area is 160 Å². The summed E-state index contributed by atoms with van der Waals surface area (Å²) in [5, 5.41) is 0. The maximum absolute atomic E-state index is 12.0. The van der Waals surface area contributed by atoms with Gasteiger partial charge in [-0.05, 0) is 36.8 Å². The zero-order chi connectivity index (χ0) is 19.3. The van der Waals surface area contributed by atoms with Crippen molar-refractivity contribution in [3.63, 3.8) is 0 Å². The van der Waals surface area contributed by atoms with E-state index in [-0.39, 0.29) is 5.56 Å². The summed E-state index contributed by atoms with van der Waals surface area (Å²) in [6, 6.07) is 9.46. The second kappa shape index (κ2) is 11.9. The van der Waals surface area contributed by atoms with E-state index in [1.165, 1.54) is 57.1 Å². The van der Waals surface area contributed by atoms with Gasteiger partial charge < -0.3 is 13.9 Å². The van der Waals surface area contributed by atoms with E-state index < -0.39 is 11.6 Å². The molecule has 0 radical (unpaired) electrons. The highest BCUT2D eigenvalue weighted by molar-refractivity contribution is 5.90. The Morgan fingerprint density at radius 3 is 2.11 bits per heavy atom. The molecule has 5 nitrogen and oxygen atoms in total. The molecule has 1 aromatic heterocycles. The van der Waals surface area contributed by atoms with Crippen molar-refractivity contribution >= 4 is 5.97 Å². The Hall–Kier alpha value is -2.56. The monoisotopic (exact) mass is 372 g/mol. The molecule has 0 aliphatic rings. The molecule has 146 valence electrons. The molecule has 0 spiro atoms. The van der Waals surface area contributed by atoms with Gasteiger partial charge in [0.15, 0.2) is 0 Å². The smallest absolute Gasteiger partial charge is 0.346 e. The van der Waals surface area contributed by atoms with Crippen molar-refractivity contribution in [3.05, 3.63) is 58.6 Å². The molecule has 0 amide bonds. The van der Waals surface area contributed by atoms with Crippen molar-refractivity contribution in [2.45, 2.75) is 58.3 Å². The van der Waals surface area contributed by atoms with Gasteiger partial charge in [-0.3, -0.25) is 0 Å². The first-order valence-electron chi connectivity index (χ1n) is 9.73. The third kappa shape index (κ3) is 8.11. The molecule has 0 N–H and O–H groups in total. The number of carbonyl (C=O) groups is 1.